The van der Waals surface area contributed by atoms with Crippen molar-refractivity contribution >= 4 is 16.9 Å². The quantitative estimate of drug-likeness (QED) is 0.389. The maximum absolute atomic E-state index is 14.1. The van der Waals surface area contributed by atoms with Gasteiger partial charge >= 0.3 is 0 Å². The highest BCUT2D eigenvalue weighted by Crippen LogP contribution is 2.34. The number of para-hydroxylation sites is 1. The molecule has 0 aliphatic carbocycles. The van der Waals surface area contributed by atoms with Crippen molar-refractivity contribution in [2.45, 2.75) is 24.9 Å². The van der Waals surface area contributed by atoms with Crippen molar-refractivity contribution in [1.82, 2.24) is 24.6 Å². The first-order valence-corrected chi connectivity index (χ1v) is 10.7. The van der Waals surface area contributed by atoms with Crippen LogP contribution < -0.4 is 4.74 Å². The highest BCUT2D eigenvalue weighted by Gasteiger charge is 2.46. The summed E-state index contributed by atoms with van der Waals surface area (Å²) in [5, 5.41) is 5.35. The summed E-state index contributed by atoms with van der Waals surface area (Å²) >= 11 is 0. The van der Waals surface area contributed by atoms with Gasteiger partial charge < -0.3 is 9.64 Å². The fourth-order valence-electron chi connectivity index (χ4n) is 4.20. The molecule has 1 atom stereocenters. The van der Waals surface area contributed by atoms with Crippen molar-refractivity contribution in [3.63, 3.8) is 0 Å². The molecule has 0 radical (unpaired) electrons. The second-order valence-electron chi connectivity index (χ2n) is 8.11. The maximum atomic E-state index is 14.1. The number of ether oxygens (including phenoxy) is 1. The van der Waals surface area contributed by atoms with Crippen LogP contribution in [0.15, 0.2) is 79.8 Å². The Labute approximate surface area is 194 Å². The Morgan fingerprint density at radius 2 is 1.88 bits per heavy atom. The number of likely N-dealkylation sites (tertiary alicyclic amines) is 1. The Morgan fingerprint density at radius 3 is 2.62 bits per heavy atom. The number of rotatable bonds is 6. The zero-order chi connectivity index (χ0) is 23.7. The van der Waals surface area contributed by atoms with E-state index in [1.165, 1.54) is 6.33 Å². The number of benzene rings is 2. The smallest absolute Gasteiger partial charge is 0.267 e. The minimum Gasteiger partial charge on any atom is -0.457 e. The lowest BCUT2D eigenvalue weighted by molar-refractivity contribution is -0.128. The summed E-state index contributed by atoms with van der Waals surface area (Å²) in [7, 11) is 0. The second-order valence-corrected chi connectivity index (χ2v) is 8.11. The average Bonchev–Trinajstić information content (AvgIpc) is 3.36. The van der Waals surface area contributed by atoms with Gasteiger partial charge in [0, 0.05) is 18.2 Å². The molecule has 0 unspecified atom stereocenters. The van der Waals surface area contributed by atoms with E-state index >= 15 is 0 Å². The molecule has 172 valence electrons. The Balaban J connectivity index is 1.45. The number of carbonyl (C=O) groups is 1. The van der Waals surface area contributed by atoms with Gasteiger partial charge in [0.25, 0.3) is 5.92 Å². The molecule has 7 nitrogen and oxygen atoms in total. The van der Waals surface area contributed by atoms with Crippen molar-refractivity contribution in [3.05, 3.63) is 79.8 Å². The van der Waals surface area contributed by atoms with Crippen molar-refractivity contribution in [2.24, 2.45) is 0 Å². The molecule has 0 bridgehead atoms. The highest BCUT2D eigenvalue weighted by atomic mass is 19.3. The van der Waals surface area contributed by atoms with Crippen LogP contribution in [0.1, 0.15) is 6.42 Å². The van der Waals surface area contributed by atoms with Crippen LogP contribution in [0, 0.1) is 0 Å². The van der Waals surface area contributed by atoms with E-state index in [1.807, 2.05) is 54.6 Å². The van der Waals surface area contributed by atoms with Gasteiger partial charge in [-0.2, -0.15) is 5.10 Å². The fourth-order valence-corrected chi connectivity index (χ4v) is 4.20. The second kappa shape index (κ2) is 8.66. The molecule has 0 saturated carbocycles. The molecule has 1 aliphatic rings. The summed E-state index contributed by atoms with van der Waals surface area (Å²) in [4.78, 5) is 21.7. The predicted molar refractivity (Wildman–Crippen MR) is 123 cm³/mol. The molecule has 4 aromatic rings. The van der Waals surface area contributed by atoms with Gasteiger partial charge in [-0.25, -0.2) is 23.4 Å². The Kier molecular flexibility index (Phi) is 5.53. The van der Waals surface area contributed by atoms with E-state index in [2.05, 4.69) is 21.6 Å². The van der Waals surface area contributed by atoms with E-state index in [1.54, 1.807) is 10.9 Å². The topological polar surface area (TPSA) is 73.1 Å². The molecule has 1 amide bonds. The molecule has 5 rings (SSSR count). The van der Waals surface area contributed by atoms with E-state index in [4.69, 9.17) is 4.74 Å². The standard InChI is InChI=1S/C25H21F2N5O2/c1-2-22(33)31-15-25(26,27)12-18(31)14-32-24-21(13-28-16-29-24)23(30-32)17-8-10-20(11-9-17)34-19-6-4-3-5-7-19/h2-11,13,16,18H,1,12,14-15H2/t18-/m0/s1. The zero-order valence-corrected chi connectivity index (χ0v) is 18.1. The van der Waals surface area contributed by atoms with Crippen molar-refractivity contribution in [1.29, 1.82) is 0 Å². The number of halogens is 2. The molecule has 1 fully saturated rings. The molecule has 1 aliphatic heterocycles. The first kappa shape index (κ1) is 21.7. The van der Waals surface area contributed by atoms with Gasteiger partial charge in [0.05, 0.1) is 24.5 Å². The van der Waals surface area contributed by atoms with Crippen molar-refractivity contribution in [2.75, 3.05) is 6.54 Å². The molecule has 0 spiro atoms. The summed E-state index contributed by atoms with van der Waals surface area (Å²) in [6, 6.07) is 16.1. The Bertz CT molecular complexity index is 1340. The van der Waals surface area contributed by atoms with Gasteiger partial charge in [0.1, 0.15) is 23.5 Å². The molecule has 2 aromatic heterocycles. The number of fused-ring (bicyclic) bond motifs is 1. The molecular formula is C25H21F2N5O2. The summed E-state index contributed by atoms with van der Waals surface area (Å²) < 4.78 is 35.7. The average molecular weight is 461 g/mol. The molecule has 9 heteroatoms. The van der Waals surface area contributed by atoms with Crippen molar-refractivity contribution < 1.29 is 18.3 Å². The maximum Gasteiger partial charge on any atom is 0.267 e. The van der Waals surface area contributed by atoms with Gasteiger partial charge in [0.15, 0.2) is 5.65 Å². The lowest BCUT2D eigenvalue weighted by Gasteiger charge is -2.22. The van der Waals surface area contributed by atoms with Crippen LogP contribution in [0.4, 0.5) is 8.78 Å². The van der Waals surface area contributed by atoms with E-state index in [0.29, 0.717) is 22.5 Å². The largest absolute Gasteiger partial charge is 0.457 e. The van der Waals surface area contributed by atoms with Crippen LogP contribution in [-0.2, 0) is 11.3 Å². The number of alkyl halides is 2. The van der Waals surface area contributed by atoms with Crippen LogP contribution >= 0.6 is 0 Å². The van der Waals surface area contributed by atoms with Gasteiger partial charge in [-0.05, 0) is 42.5 Å². The zero-order valence-electron chi connectivity index (χ0n) is 18.1. The van der Waals surface area contributed by atoms with E-state index < -0.39 is 30.8 Å². The molecule has 0 N–H and O–H groups in total. The van der Waals surface area contributed by atoms with Crippen LogP contribution in [0.5, 0.6) is 11.5 Å². The van der Waals surface area contributed by atoms with Crippen LogP contribution in [-0.4, -0.2) is 49.1 Å². The number of nitrogens with zero attached hydrogens (tertiary/aromatic N) is 5. The summed E-state index contributed by atoms with van der Waals surface area (Å²) in [5.74, 6) is -2.09. The SMILES string of the molecule is C=CC(=O)N1CC(F)(F)C[C@H]1Cn1nc(-c2ccc(Oc3ccccc3)cc2)c2cncnc21. The molecule has 3 heterocycles. The monoisotopic (exact) mass is 461 g/mol. The van der Waals surface area contributed by atoms with Gasteiger partial charge in [-0.3, -0.25) is 4.79 Å². The van der Waals surface area contributed by atoms with Crippen LogP contribution in [0.25, 0.3) is 22.3 Å². The van der Waals surface area contributed by atoms with Gasteiger partial charge in [0.2, 0.25) is 5.91 Å². The van der Waals surface area contributed by atoms with Gasteiger partial charge in [-0.15, -0.1) is 0 Å². The number of carbonyl (C=O) groups excluding carboxylic acids is 1. The Morgan fingerprint density at radius 1 is 1.15 bits per heavy atom. The summed E-state index contributed by atoms with van der Waals surface area (Å²) in [6.45, 7) is 2.88. The first-order chi connectivity index (χ1) is 16.4. The molecule has 34 heavy (non-hydrogen) atoms. The normalized spacial score (nSPS) is 17.1. The third kappa shape index (κ3) is 4.24. The van der Waals surface area contributed by atoms with E-state index in [9.17, 15) is 13.6 Å². The van der Waals surface area contributed by atoms with Crippen LogP contribution in [0.3, 0.4) is 0 Å². The number of aromatic nitrogens is 4. The number of amides is 1. The van der Waals surface area contributed by atoms with Crippen molar-refractivity contribution in [3.8, 4) is 22.8 Å². The van der Waals surface area contributed by atoms with Gasteiger partial charge in [-0.1, -0.05) is 24.8 Å². The lowest BCUT2D eigenvalue weighted by Crippen LogP contribution is -2.37. The minimum absolute atomic E-state index is 0.0812. The fraction of sp³-hybridized carbons (Fsp3) is 0.200. The van der Waals surface area contributed by atoms with E-state index in [0.717, 1.165) is 22.3 Å². The summed E-state index contributed by atoms with van der Waals surface area (Å²) in [5.41, 5.74) is 1.93. The Hall–Kier alpha value is -4.14. The molecule has 1 saturated heterocycles. The number of hydrogen-bond donors (Lipinski definition) is 0. The third-order valence-electron chi connectivity index (χ3n) is 5.74. The predicted octanol–water partition coefficient (Wildman–Crippen LogP) is 4.71. The minimum atomic E-state index is -2.96. The van der Waals surface area contributed by atoms with E-state index in [-0.39, 0.29) is 6.54 Å². The molecular weight excluding hydrogens is 440 g/mol. The first-order valence-electron chi connectivity index (χ1n) is 10.7. The molecule has 2 aromatic carbocycles. The summed E-state index contributed by atoms with van der Waals surface area (Å²) in [6.07, 6.45) is 3.64. The highest BCUT2D eigenvalue weighted by molar-refractivity contribution is 5.90. The van der Waals surface area contributed by atoms with Crippen LogP contribution in [0.2, 0.25) is 0 Å². The number of hydrogen-bond acceptors (Lipinski definition) is 5. The lowest BCUT2D eigenvalue weighted by atomic mass is 10.1. The third-order valence-corrected chi connectivity index (χ3v) is 5.74.